The van der Waals surface area contributed by atoms with Gasteiger partial charge in [-0.25, -0.2) is 0 Å². The average Bonchev–Trinajstić information content (AvgIpc) is 2.64. The van der Waals surface area contributed by atoms with Crippen LogP contribution in [0.5, 0.6) is 0 Å². The predicted octanol–water partition coefficient (Wildman–Crippen LogP) is -0.931. The third-order valence-electron chi connectivity index (χ3n) is 3.08. The number of hydrogen-bond acceptors (Lipinski definition) is 9. The van der Waals surface area contributed by atoms with Crippen LogP contribution in [0.4, 0.5) is 11.9 Å². The van der Waals surface area contributed by atoms with E-state index in [1.807, 2.05) is 30.3 Å². The van der Waals surface area contributed by atoms with E-state index in [0.717, 1.165) is 5.56 Å². The molecule has 2 rings (SSSR count). The van der Waals surface area contributed by atoms with Crippen LogP contribution in [0.3, 0.4) is 0 Å². The molecule has 1 aromatic carbocycles. The molecule has 0 saturated heterocycles. The molecule has 24 heavy (non-hydrogen) atoms. The van der Waals surface area contributed by atoms with Crippen molar-refractivity contribution in [2.45, 2.75) is 12.2 Å². The Hall–Kier alpha value is -2.33. The molecule has 0 bridgehead atoms. The Balaban J connectivity index is 2.22. The Labute approximate surface area is 139 Å². The summed E-state index contributed by atoms with van der Waals surface area (Å²) in [5.74, 6) is 0.849. The quantitative estimate of drug-likeness (QED) is 0.342. The molecule has 2 aromatic rings. The van der Waals surface area contributed by atoms with Crippen molar-refractivity contribution in [1.82, 2.24) is 15.0 Å². The normalized spacial score (nSPS) is 13.3. The van der Waals surface area contributed by atoms with Crippen LogP contribution in [-0.2, 0) is 0 Å². The fourth-order valence-corrected chi connectivity index (χ4v) is 1.80. The topological polar surface area (TPSA) is 144 Å². The van der Waals surface area contributed by atoms with E-state index in [2.05, 4.69) is 25.6 Å². The van der Waals surface area contributed by atoms with Crippen LogP contribution in [0.1, 0.15) is 0 Å². The highest BCUT2D eigenvalue weighted by Gasteiger charge is 2.11. The van der Waals surface area contributed by atoms with Gasteiger partial charge in [0, 0.05) is 18.7 Å². The van der Waals surface area contributed by atoms with Crippen LogP contribution >= 0.6 is 0 Å². The molecule has 6 N–H and O–H groups in total. The van der Waals surface area contributed by atoms with Gasteiger partial charge in [0.25, 0.3) is 0 Å². The van der Waals surface area contributed by atoms with Crippen LogP contribution in [0.25, 0.3) is 11.4 Å². The van der Waals surface area contributed by atoms with Crippen molar-refractivity contribution in [2.75, 3.05) is 36.9 Å². The van der Waals surface area contributed by atoms with Gasteiger partial charge in [-0.15, -0.1) is 0 Å². The van der Waals surface area contributed by atoms with Crippen molar-refractivity contribution in [3.05, 3.63) is 30.3 Å². The van der Waals surface area contributed by atoms with Gasteiger partial charge in [-0.1, -0.05) is 30.3 Å². The first-order valence-corrected chi connectivity index (χ1v) is 7.49. The summed E-state index contributed by atoms with van der Waals surface area (Å²) >= 11 is 0. The maximum Gasteiger partial charge on any atom is 0.228 e. The molecule has 0 fully saturated rings. The van der Waals surface area contributed by atoms with E-state index in [0.29, 0.717) is 5.82 Å². The Morgan fingerprint density at radius 2 is 1.29 bits per heavy atom. The molecule has 0 radical (unpaired) electrons. The molecular weight excluding hydrogens is 314 g/mol. The van der Waals surface area contributed by atoms with Gasteiger partial charge in [0.15, 0.2) is 5.82 Å². The molecular formula is C15H21N5O4. The number of rotatable bonds is 9. The molecule has 0 saturated carbocycles. The Morgan fingerprint density at radius 1 is 0.792 bits per heavy atom. The van der Waals surface area contributed by atoms with E-state index in [9.17, 15) is 10.2 Å². The first kappa shape index (κ1) is 18.0. The van der Waals surface area contributed by atoms with Gasteiger partial charge in [0.1, 0.15) is 0 Å². The monoisotopic (exact) mass is 335 g/mol. The van der Waals surface area contributed by atoms with Crippen molar-refractivity contribution in [3.8, 4) is 11.4 Å². The molecule has 0 aliphatic heterocycles. The van der Waals surface area contributed by atoms with Crippen LogP contribution in [-0.4, -0.2) is 73.9 Å². The maximum absolute atomic E-state index is 9.42. The number of benzene rings is 1. The second-order valence-electron chi connectivity index (χ2n) is 5.11. The number of aliphatic hydroxyl groups excluding tert-OH is 4. The summed E-state index contributed by atoms with van der Waals surface area (Å²) in [5, 5.41) is 42.2. The maximum atomic E-state index is 9.42. The van der Waals surface area contributed by atoms with E-state index in [-0.39, 0.29) is 38.2 Å². The highest BCUT2D eigenvalue weighted by molar-refractivity contribution is 5.57. The van der Waals surface area contributed by atoms with Crippen LogP contribution in [0.2, 0.25) is 0 Å². The molecule has 0 aliphatic rings. The predicted molar refractivity (Wildman–Crippen MR) is 88.4 cm³/mol. The number of aromatic nitrogens is 3. The molecule has 1 aromatic heterocycles. The Morgan fingerprint density at radius 3 is 1.75 bits per heavy atom. The molecule has 2 atom stereocenters. The van der Waals surface area contributed by atoms with Crippen LogP contribution in [0, 0.1) is 0 Å². The van der Waals surface area contributed by atoms with Crippen molar-refractivity contribution >= 4 is 11.9 Å². The first-order chi connectivity index (χ1) is 11.6. The van der Waals surface area contributed by atoms with Gasteiger partial charge in [-0.2, -0.15) is 15.0 Å². The average molecular weight is 335 g/mol. The van der Waals surface area contributed by atoms with Crippen LogP contribution in [0.15, 0.2) is 30.3 Å². The number of nitrogens with one attached hydrogen (secondary N) is 2. The minimum atomic E-state index is -0.936. The van der Waals surface area contributed by atoms with Gasteiger partial charge >= 0.3 is 0 Å². The van der Waals surface area contributed by atoms with Crippen molar-refractivity contribution < 1.29 is 20.4 Å². The number of nitrogens with zero attached hydrogens (tertiary/aromatic N) is 3. The van der Waals surface area contributed by atoms with E-state index in [4.69, 9.17) is 10.2 Å². The zero-order chi connectivity index (χ0) is 17.4. The minimum Gasteiger partial charge on any atom is -0.394 e. The number of anilines is 2. The largest absolute Gasteiger partial charge is 0.394 e. The molecule has 0 spiro atoms. The van der Waals surface area contributed by atoms with Gasteiger partial charge in [0.2, 0.25) is 11.9 Å². The minimum absolute atomic E-state index is 0.0768. The third-order valence-corrected chi connectivity index (χ3v) is 3.08. The summed E-state index contributed by atoms with van der Waals surface area (Å²) in [5.41, 5.74) is 0.774. The lowest BCUT2D eigenvalue weighted by Crippen LogP contribution is -2.25. The lowest BCUT2D eigenvalue weighted by atomic mass is 10.2. The highest BCUT2D eigenvalue weighted by Crippen LogP contribution is 2.17. The zero-order valence-corrected chi connectivity index (χ0v) is 13.0. The molecule has 1 heterocycles. The van der Waals surface area contributed by atoms with Crippen molar-refractivity contribution in [3.63, 3.8) is 0 Å². The van der Waals surface area contributed by atoms with Gasteiger partial charge in [0.05, 0.1) is 25.4 Å². The molecule has 9 heteroatoms. The smallest absolute Gasteiger partial charge is 0.228 e. The fraction of sp³-hybridized carbons (Fsp3) is 0.400. The number of hydrogen-bond donors (Lipinski definition) is 6. The molecule has 0 amide bonds. The lowest BCUT2D eigenvalue weighted by Gasteiger charge is -2.13. The number of aliphatic hydroxyl groups is 4. The molecule has 0 aliphatic carbocycles. The second kappa shape index (κ2) is 9.08. The summed E-state index contributed by atoms with van der Waals surface area (Å²) in [6, 6.07) is 9.26. The summed E-state index contributed by atoms with van der Waals surface area (Å²) in [6.45, 7) is -0.601. The Kier molecular flexibility index (Phi) is 6.82. The molecule has 130 valence electrons. The van der Waals surface area contributed by atoms with E-state index in [1.165, 1.54) is 0 Å². The summed E-state index contributed by atoms with van der Waals surface area (Å²) < 4.78 is 0. The van der Waals surface area contributed by atoms with Crippen molar-refractivity contribution in [1.29, 1.82) is 0 Å². The van der Waals surface area contributed by atoms with Gasteiger partial charge < -0.3 is 31.1 Å². The van der Waals surface area contributed by atoms with E-state index in [1.54, 1.807) is 0 Å². The molecule has 2 unspecified atom stereocenters. The van der Waals surface area contributed by atoms with Gasteiger partial charge in [-0.3, -0.25) is 0 Å². The third kappa shape index (κ3) is 5.39. The van der Waals surface area contributed by atoms with Gasteiger partial charge in [-0.05, 0) is 0 Å². The SMILES string of the molecule is OCC(O)CNc1nc(NCC(O)CO)nc(-c2ccccc2)n1. The summed E-state index contributed by atoms with van der Waals surface area (Å²) in [6.07, 6.45) is -1.87. The van der Waals surface area contributed by atoms with Crippen LogP contribution < -0.4 is 10.6 Å². The summed E-state index contributed by atoms with van der Waals surface area (Å²) in [7, 11) is 0. The fourth-order valence-electron chi connectivity index (χ4n) is 1.80. The van der Waals surface area contributed by atoms with Crippen molar-refractivity contribution in [2.24, 2.45) is 0 Å². The van der Waals surface area contributed by atoms with E-state index < -0.39 is 12.2 Å². The second-order valence-corrected chi connectivity index (χ2v) is 5.11. The summed E-state index contributed by atoms with van der Waals surface area (Å²) in [4.78, 5) is 12.7. The zero-order valence-electron chi connectivity index (χ0n) is 13.0. The highest BCUT2D eigenvalue weighted by atomic mass is 16.3. The lowest BCUT2D eigenvalue weighted by molar-refractivity contribution is 0.105. The van der Waals surface area contributed by atoms with E-state index >= 15 is 0 Å². The molecule has 9 nitrogen and oxygen atoms in total. The Bertz CT molecular complexity index is 596. The first-order valence-electron chi connectivity index (χ1n) is 7.49. The standard InChI is InChI=1S/C15H21N5O4/c21-8-11(23)6-16-14-18-13(10-4-2-1-3-5-10)19-15(20-14)17-7-12(24)9-22/h1-5,11-12,21-24H,6-9H2,(H2,16,17,18,19,20).